The second-order valence-corrected chi connectivity index (χ2v) is 3.12. The smallest absolute Gasteiger partial charge is 0.129 e. The Kier molecular flexibility index (Phi) is 8.18. The third kappa shape index (κ3) is 5.91. The quantitative estimate of drug-likeness (QED) is 0.584. The van der Waals surface area contributed by atoms with Crippen molar-refractivity contribution in [3.8, 4) is 0 Å². The highest BCUT2D eigenvalue weighted by molar-refractivity contribution is 4.72. The number of hydrogen-bond acceptors (Lipinski definition) is 12. The van der Waals surface area contributed by atoms with Crippen LogP contribution in [0.4, 0.5) is 0 Å². The second kappa shape index (κ2) is 9.45. The lowest BCUT2D eigenvalue weighted by Gasteiger charge is -2.23. The molecule has 1 fully saturated rings. The molecule has 12 heteroatoms. The average Bonchev–Trinajstić information content (AvgIpc) is 2.40. The Hall–Kier alpha value is -0.480. The van der Waals surface area contributed by atoms with Crippen LogP contribution < -0.4 is 0 Å². The van der Waals surface area contributed by atoms with Crippen LogP contribution in [0, 0.1) is 5.92 Å². The van der Waals surface area contributed by atoms with Gasteiger partial charge >= 0.3 is 0 Å². The van der Waals surface area contributed by atoms with Crippen LogP contribution in [0.15, 0.2) is 0 Å². The van der Waals surface area contributed by atoms with Gasteiger partial charge in [0.05, 0.1) is 13.2 Å². The first kappa shape index (κ1) is 15.6. The van der Waals surface area contributed by atoms with Gasteiger partial charge in [0, 0.05) is 5.92 Å². The summed E-state index contributed by atoms with van der Waals surface area (Å²) in [7, 11) is 0. The molecule has 2 N–H and O–H groups in total. The first-order valence-electron chi connectivity index (χ1n) is 4.66. The number of rotatable bonds is 2. The lowest BCUT2D eigenvalue weighted by Crippen LogP contribution is -2.39. The van der Waals surface area contributed by atoms with E-state index >= 15 is 0 Å². The van der Waals surface area contributed by atoms with Crippen LogP contribution >= 0.6 is 0 Å². The molecule has 0 saturated carbocycles. The van der Waals surface area contributed by atoms with Gasteiger partial charge in [-0.1, -0.05) is 6.92 Å². The van der Waals surface area contributed by atoms with Crippen LogP contribution in [0.2, 0.25) is 0 Å². The zero-order chi connectivity index (χ0) is 13.2. The van der Waals surface area contributed by atoms with Crippen LogP contribution in [-0.2, 0) is 50.1 Å². The van der Waals surface area contributed by atoms with Gasteiger partial charge in [-0.2, -0.15) is 4.89 Å². The van der Waals surface area contributed by atoms with Crippen molar-refractivity contribution in [3.63, 3.8) is 0 Å². The minimum absolute atomic E-state index is 0.115. The van der Waals surface area contributed by atoms with E-state index in [1.54, 1.807) is 6.92 Å². The van der Waals surface area contributed by atoms with Crippen molar-refractivity contribution < 1.29 is 60.3 Å². The highest BCUT2D eigenvalue weighted by Gasteiger charge is 2.28. The summed E-state index contributed by atoms with van der Waals surface area (Å²) in [5.74, 6) is -0.498. The highest BCUT2D eigenvalue weighted by Crippen LogP contribution is 2.14. The van der Waals surface area contributed by atoms with Gasteiger partial charge in [-0.3, -0.25) is 0 Å². The minimum atomic E-state index is -1.27. The largest absolute Gasteiger partial charge is 0.394 e. The first-order valence-corrected chi connectivity index (χ1v) is 4.66. The van der Waals surface area contributed by atoms with E-state index in [2.05, 4.69) is 50.1 Å². The standard InChI is InChI=1S/C6H12O12/c1-4-3-9-11-13-15-17-18-16-14-12-10-6(4)5(8)2-7/h4-8H,2-3H2,1H3. The maximum atomic E-state index is 9.45. The Labute approximate surface area is 99.6 Å². The summed E-state index contributed by atoms with van der Waals surface area (Å²) in [5.41, 5.74) is 0. The summed E-state index contributed by atoms with van der Waals surface area (Å²) in [6, 6.07) is 0. The average molecular weight is 276 g/mol. The van der Waals surface area contributed by atoms with Gasteiger partial charge in [0.15, 0.2) is 0 Å². The van der Waals surface area contributed by atoms with E-state index in [-0.39, 0.29) is 6.61 Å². The maximum absolute atomic E-state index is 9.45. The molecule has 0 spiro atoms. The molecule has 0 bridgehead atoms. The summed E-state index contributed by atoms with van der Waals surface area (Å²) in [6.45, 7) is 0.889. The molecule has 3 atom stereocenters. The van der Waals surface area contributed by atoms with E-state index in [9.17, 15) is 5.11 Å². The second-order valence-electron chi connectivity index (χ2n) is 3.12. The molecular weight excluding hydrogens is 264 g/mol. The van der Waals surface area contributed by atoms with Crippen molar-refractivity contribution in [1.82, 2.24) is 0 Å². The van der Waals surface area contributed by atoms with E-state index in [0.717, 1.165) is 0 Å². The predicted octanol–water partition coefficient (Wildman–Crippen LogP) is -1.24. The molecule has 0 radical (unpaired) electrons. The van der Waals surface area contributed by atoms with E-state index in [4.69, 9.17) is 5.11 Å². The number of aliphatic hydroxyl groups excluding tert-OH is 2. The molecule has 3 unspecified atom stereocenters. The Morgan fingerprint density at radius 1 is 1.00 bits per heavy atom. The molecule has 18 heavy (non-hydrogen) atoms. The van der Waals surface area contributed by atoms with Gasteiger partial charge in [0.25, 0.3) is 0 Å². The van der Waals surface area contributed by atoms with Crippen LogP contribution in [0.5, 0.6) is 0 Å². The molecule has 1 aliphatic rings. The van der Waals surface area contributed by atoms with Crippen molar-refractivity contribution in [2.45, 2.75) is 19.1 Å². The van der Waals surface area contributed by atoms with Crippen molar-refractivity contribution in [2.75, 3.05) is 13.2 Å². The van der Waals surface area contributed by atoms with Gasteiger partial charge in [0.2, 0.25) is 0 Å². The van der Waals surface area contributed by atoms with Crippen molar-refractivity contribution >= 4 is 0 Å². The first-order chi connectivity index (χ1) is 8.75. The molecule has 1 saturated heterocycles. The van der Waals surface area contributed by atoms with Crippen LogP contribution in [0.3, 0.4) is 0 Å². The van der Waals surface area contributed by atoms with Gasteiger partial charge in [-0.25, -0.2) is 4.89 Å². The van der Waals surface area contributed by atoms with E-state index in [1.807, 2.05) is 0 Å². The molecule has 1 heterocycles. The Morgan fingerprint density at radius 3 is 2.17 bits per heavy atom. The fraction of sp³-hybridized carbons (Fsp3) is 1.00. The summed E-state index contributed by atoms with van der Waals surface area (Å²) in [4.78, 5) is 9.10. The third-order valence-corrected chi connectivity index (χ3v) is 1.85. The molecule has 12 nitrogen and oxygen atoms in total. The topological polar surface area (TPSA) is 133 Å². The van der Waals surface area contributed by atoms with Gasteiger partial charge in [-0.15, -0.1) is 0 Å². The Balaban J connectivity index is 2.45. The van der Waals surface area contributed by atoms with Gasteiger partial charge in [0.1, 0.15) is 12.2 Å². The number of hydrogen-bond donors (Lipinski definition) is 2. The van der Waals surface area contributed by atoms with Crippen LogP contribution in [0.1, 0.15) is 6.92 Å². The van der Waals surface area contributed by atoms with Crippen molar-refractivity contribution in [2.24, 2.45) is 5.92 Å². The van der Waals surface area contributed by atoms with E-state index < -0.39 is 24.7 Å². The van der Waals surface area contributed by atoms with E-state index in [0.29, 0.717) is 0 Å². The Morgan fingerprint density at radius 2 is 1.56 bits per heavy atom. The fourth-order valence-corrected chi connectivity index (χ4v) is 1.02. The monoisotopic (exact) mass is 276 g/mol. The zero-order valence-electron chi connectivity index (χ0n) is 9.12. The third-order valence-electron chi connectivity index (χ3n) is 1.85. The normalized spacial score (nSPS) is 30.8. The summed E-state index contributed by atoms with van der Waals surface area (Å²) in [5, 5.41) is 48.8. The molecule has 0 aromatic heterocycles. The highest BCUT2D eigenvalue weighted by atomic mass is 17.9. The summed E-state index contributed by atoms with van der Waals surface area (Å²) >= 11 is 0. The lowest BCUT2D eigenvalue weighted by atomic mass is 10.0. The zero-order valence-corrected chi connectivity index (χ0v) is 9.12. The van der Waals surface area contributed by atoms with Crippen molar-refractivity contribution in [3.05, 3.63) is 0 Å². The van der Waals surface area contributed by atoms with Crippen LogP contribution in [0.25, 0.3) is 0 Å². The molecule has 1 rings (SSSR count). The minimum Gasteiger partial charge on any atom is -0.394 e. The number of aliphatic hydroxyl groups is 2. The molecule has 0 aromatic rings. The maximum Gasteiger partial charge on any atom is 0.129 e. The summed E-state index contributed by atoms with van der Waals surface area (Å²) < 4.78 is 0. The molecule has 1 aliphatic heterocycles. The molecule has 0 aromatic carbocycles. The van der Waals surface area contributed by atoms with E-state index in [1.165, 1.54) is 0 Å². The van der Waals surface area contributed by atoms with Gasteiger partial charge in [-0.05, 0) is 40.3 Å². The molecule has 0 aliphatic carbocycles. The van der Waals surface area contributed by atoms with Gasteiger partial charge < -0.3 is 10.2 Å². The Bertz CT molecular complexity index is 201. The SMILES string of the molecule is CC1COOOOOOOOOOC1C(O)CO. The molecule has 108 valence electrons. The lowest BCUT2D eigenvalue weighted by molar-refractivity contribution is -0.844. The van der Waals surface area contributed by atoms with Crippen molar-refractivity contribution in [1.29, 1.82) is 0 Å². The van der Waals surface area contributed by atoms with Crippen LogP contribution in [-0.4, -0.2) is 35.6 Å². The summed E-state index contributed by atoms with van der Waals surface area (Å²) in [6.07, 6.45) is -2.29. The predicted molar refractivity (Wildman–Crippen MR) is 41.8 cm³/mol. The fourth-order valence-electron chi connectivity index (χ4n) is 1.02. The molecule has 0 amide bonds. The molecular formula is C6H12O12.